The number of nitrogens with one attached hydrogen (secondary N) is 2. The standard InChI is InChI=1S/C18H20N2O3/c1-13(17(21)20-12-14-8-4-3-5-9-14)23-18(22)15-10-6-7-11-16(15)19-2/h3-11,13,19H,12H2,1-2H3,(H,20,21)/t13-/m0/s1. The van der Waals surface area contributed by atoms with Crippen LogP contribution < -0.4 is 10.6 Å². The Labute approximate surface area is 135 Å². The third-order valence-corrected chi connectivity index (χ3v) is 3.38. The first kappa shape index (κ1) is 16.5. The van der Waals surface area contributed by atoms with Gasteiger partial charge in [0.25, 0.3) is 5.91 Å². The Morgan fingerprint density at radius 1 is 1.04 bits per heavy atom. The van der Waals surface area contributed by atoms with E-state index in [1.54, 1.807) is 32.2 Å². The van der Waals surface area contributed by atoms with Crippen LogP contribution in [0.2, 0.25) is 0 Å². The number of hydrogen-bond acceptors (Lipinski definition) is 4. The van der Waals surface area contributed by atoms with Crippen molar-refractivity contribution in [2.75, 3.05) is 12.4 Å². The van der Waals surface area contributed by atoms with E-state index in [0.717, 1.165) is 5.56 Å². The van der Waals surface area contributed by atoms with Crippen LogP contribution in [0.15, 0.2) is 54.6 Å². The molecule has 2 aromatic rings. The minimum absolute atomic E-state index is 0.329. The van der Waals surface area contributed by atoms with Crippen molar-refractivity contribution in [3.05, 3.63) is 65.7 Å². The van der Waals surface area contributed by atoms with Crippen molar-refractivity contribution in [3.8, 4) is 0 Å². The highest BCUT2D eigenvalue weighted by Gasteiger charge is 2.20. The molecule has 0 bridgehead atoms. The number of carbonyl (C=O) groups is 2. The molecule has 0 radical (unpaired) electrons. The summed E-state index contributed by atoms with van der Waals surface area (Å²) in [6.07, 6.45) is -0.865. The maximum Gasteiger partial charge on any atom is 0.341 e. The number of hydrogen-bond donors (Lipinski definition) is 2. The molecule has 2 rings (SSSR count). The molecule has 0 saturated heterocycles. The minimum Gasteiger partial charge on any atom is -0.449 e. The largest absolute Gasteiger partial charge is 0.449 e. The van der Waals surface area contributed by atoms with Gasteiger partial charge in [0.1, 0.15) is 0 Å². The fourth-order valence-electron chi connectivity index (χ4n) is 2.09. The second-order valence-corrected chi connectivity index (χ2v) is 5.05. The molecule has 0 aliphatic heterocycles. The highest BCUT2D eigenvalue weighted by Crippen LogP contribution is 2.16. The van der Waals surface area contributed by atoms with Gasteiger partial charge in [-0.15, -0.1) is 0 Å². The molecular formula is C18H20N2O3. The Morgan fingerprint density at radius 2 is 1.70 bits per heavy atom. The topological polar surface area (TPSA) is 67.4 Å². The molecule has 0 aliphatic rings. The van der Waals surface area contributed by atoms with Crippen molar-refractivity contribution >= 4 is 17.6 Å². The zero-order chi connectivity index (χ0) is 16.7. The van der Waals surface area contributed by atoms with E-state index in [2.05, 4.69) is 10.6 Å². The number of esters is 1. The predicted octanol–water partition coefficient (Wildman–Crippen LogP) is 2.59. The Balaban J connectivity index is 1.91. The lowest BCUT2D eigenvalue weighted by molar-refractivity contribution is -0.129. The molecular weight excluding hydrogens is 292 g/mol. The highest BCUT2D eigenvalue weighted by atomic mass is 16.5. The van der Waals surface area contributed by atoms with Crippen LogP contribution in [0.3, 0.4) is 0 Å². The number of carbonyl (C=O) groups excluding carboxylic acids is 2. The van der Waals surface area contributed by atoms with E-state index in [4.69, 9.17) is 4.74 Å². The number of anilines is 1. The average molecular weight is 312 g/mol. The van der Waals surface area contributed by atoms with Crippen LogP contribution in [-0.4, -0.2) is 25.0 Å². The van der Waals surface area contributed by atoms with Gasteiger partial charge in [0.05, 0.1) is 5.56 Å². The molecule has 2 N–H and O–H groups in total. The van der Waals surface area contributed by atoms with E-state index < -0.39 is 12.1 Å². The molecule has 0 fully saturated rings. The van der Waals surface area contributed by atoms with Crippen LogP contribution in [0.4, 0.5) is 5.69 Å². The molecule has 1 atom stereocenters. The molecule has 120 valence electrons. The first-order chi connectivity index (χ1) is 11.1. The van der Waals surface area contributed by atoms with Gasteiger partial charge in [-0.05, 0) is 24.6 Å². The SMILES string of the molecule is CNc1ccccc1C(=O)O[C@@H](C)C(=O)NCc1ccccc1. The summed E-state index contributed by atoms with van der Waals surface area (Å²) in [5.41, 5.74) is 2.05. The van der Waals surface area contributed by atoms with Gasteiger partial charge in [0, 0.05) is 19.3 Å². The second kappa shape index (κ2) is 7.98. The lowest BCUT2D eigenvalue weighted by Crippen LogP contribution is -2.35. The fraction of sp³-hybridized carbons (Fsp3) is 0.222. The Kier molecular flexibility index (Phi) is 5.74. The van der Waals surface area contributed by atoms with Gasteiger partial charge in [0.15, 0.2) is 6.10 Å². The Bertz CT molecular complexity index is 671. The van der Waals surface area contributed by atoms with Crippen LogP contribution in [0, 0.1) is 0 Å². The zero-order valence-electron chi connectivity index (χ0n) is 13.2. The molecule has 0 saturated carbocycles. The second-order valence-electron chi connectivity index (χ2n) is 5.05. The molecule has 5 heteroatoms. The van der Waals surface area contributed by atoms with Crippen LogP contribution in [0.5, 0.6) is 0 Å². The average Bonchev–Trinajstić information content (AvgIpc) is 2.60. The van der Waals surface area contributed by atoms with Crippen molar-refractivity contribution < 1.29 is 14.3 Å². The molecule has 5 nitrogen and oxygen atoms in total. The van der Waals surface area contributed by atoms with E-state index >= 15 is 0 Å². The number of amides is 1. The van der Waals surface area contributed by atoms with Crippen molar-refractivity contribution in [2.45, 2.75) is 19.6 Å². The van der Waals surface area contributed by atoms with Crippen molar-refractivity contribution in [2.24, 2.45) is 0 Å². The van der Waals surface area contributed by atoms with E-state index in [-0.39, 0.29) is 5.91 Å². The summed E-state index contributed by atoms with van der Waals surface area (Å²) in [7, 11) is 1.72. The molecule has 0 unspecified atom stereocenters. The molecule has 0 heterocycles. The summed E-state index contributed by atoms with van der Waals surface area (Å²) in [4.78, 5) is 24.2. The van der Waals surface area contributed by atoms with Crippen LogP contribution in [0.1, 0.15) is 22.8 Å². The quantitative estimate of drug-likeness (QED) is 0.805. The molecule has 1 amide bonds. The van der Waals surface area contributed by atoms with Gasteiger partial charge < -0.3 is 15.4 Å². The van der Waals surface area contributed by atoms with Gasteiger partial charge in [-0.25, -0.2) is 4.79 Å². The minimum atomic E-state index is -0.865. The molecule has 0 spiro atoms. The molecule has 2 aromatic carbocycles. The summed E-state index contributed by atoms with van der Waals surface area (Å²) < 4.78 is 5.24. The smallest absolute Gasteiger partial charge is 0.341 e. The first-order valence-corrected chi connectivity index (χ1v) is 7.41. The normalized spacial score (nSPS) is 11.4. The maximum absolute atomic E-state index is 12.2. The maximum atomic E-state index is 12.2. The van der Waals surface area contributed by atoms with E-state index in [0.29, 0.717) is 17.8 Å². The third kappa shape index (κ3) is 4.57. The van der Waals surface area contributed by atoms with Gasteiger partial charge in [-0.1, -0.05) is 42.5 Å². The van der Waals surface area contributed by atoms with Gasteiger partial charge in [-0.2, -0.15) is 0 Å². The summed E-state index contributed by atoms with van der Waals surface area (Å²) in [5, 5.41) is 5.68. The lowest BCUT2D eigenvalue weighted by Gasteiger charge is -2.15. The van der Waals surface area contributed by atoms with Gasteiger partial charge in [-0.3, -0.25) is 4.79 Å². The first-order valence-electron chi connectivity index (χ1n) is 7.41. The van der Waals surface area contributed by atoms with Crippen LogP contribution in [-0.2, 0) is 16.1 Å². The predicted molar refractivity (Wildman–Crippen MR) is 89.2 cm³/mol. The zero-order valence-corrected chi connectivity index (χ0v) is 13.2. The Hall–Kier alpha value is -2.82. The molecule has 0 aromatic heterocycles. The number of benzene rings is 2. The lowest BCUT2D eigenvalue weighted by atomic mass is 10.2. The van der Waals surface area contributed by atoms with Gasteiger partial charge in [0.2, 0.25) is 0 Å². The van der Waals surface area contributed by atoms with E-state index in [1.165, 1.54) is 0 Å². The number of ether oxygens (including phenoxy) is 1. The summed E-state index contributed by atoms with van der Waals surface area (Å²) in [6.45, 7) is 1.95. The van der Waals surface area contributed by atoms with Crippen LogP contribution >= 0.6 is 0 Å². The van der Waals surface area contributed by atoms with E-state index in [1.807, 2.05) is 36.4 Å². The molecule has 0 aliphatic carbocycles. The van der Waals surface area contributed by atoms with Crippen molar-refractivity contribution in [1.29, 1.82) is 0 Å². The summed E-state index contributed by atoms with van der Waals surface area (Å²) in [6, 6.07) is 16.5. The third-order valence-electron chi connectivity index (χ3n) is 3.38. The number of para-hydroxylation sites is 1. The summed E-state index contributed by atoms with van der Waals surface area (Å²) >= 11 is 0. The van der Waals surface area contributed by atoms with Crippen LogP contribution in [0.25, 0.3) is 0 Å². The van der Waals surface area contributed by atoms with Crippen molar-refractivity contribution in [3.63, 3.8) is 0 Å². The van der Waals surface area contributed by atoms with Crippen molar-refractivity contribution in [1.82, 2.24) is 5.32 Å². The fourth-order valence-corrected chi connectivity index (χ4v) is 2.09. The Morgan fingerprint density at radius 3 is 2.39 bits per heavy atom. The van der Waals surface area contributed by atoms with E-state index in [9.17, 15) is 9.59 Å². The number of rotatable bonds is 6. The molecule has 23 heavy (non-hydrogen) atoms. The monoisotopic (exact) mass is 312 g/mol. The highest BCUT2D eigenvalue weighted by molar-refractivity contribution is 5.97. The van der Waals surface area contributed by atoms with Gasteiger partial charge >= 0.3 is 5.97 Å². The summed E-state index contributed by atoms with van der Waals surface area (Å²) in [5.74, 6) is -0.860.